The quantitative estimate of drug-likeness (QED) is 0.441. The molecule has 0 bridgehead atoms. The van der Waals surface area contributed by atoms with Crippen LogP contribution in [0, 0.1) is 0 Å². The summed E-state index contributed by atoms with van der Waals surface area (Å²) in [5.74, 6) is 1.44. The van der Waals surface area contributed by atoms with Gasteiger partial charge in [-0.25, -0.2) is 0 Å². The summed E-state index contributed by atoms with van der Waals surface area (Å²) < 4.78 is 15.8. The fourth-order valence-electron chi connectivity index (χ4n) is 1.22. The number of rotatable bonds is 10. The van der Waals surface area contributed by atoms with E-state index in [1.54, 1.807) is 33.1 Å². The summed E-state index contributed by atoms with van der Waals surface area (Å²) in [6.07, 6.45) is 0.282. The minimum absolute atomic E-state index is 0.181. The first-order valence-electron chi connectivity index (χ1n) is 5.16. The maximum absolute atomic E-state index is 9.12. The van der Waals surface area contributed by atoms with Crippen LogP contribution in [0.1, 0.15) is 6.42 Å². The lowest BCUT2D eigenvalue weighted by atomic mass is 10.4. The highest BCUT2D eigenvalue weighted by atomic mass is 32.2. The zero-order valence-electron chi connectivity index (χ0n) is 10.1. The number of aliphatic hydroxyl groups is 2. The Morgan fingerprint density at radius 3 is 2.19 bits per heavy atom. The van der Waals surface area contributed by atoms with Crippen molar-refractivity contribution in [1.29, 1.82) is 0 Å². The molecule has 2 N–H and O–H groups in total. The van der Waals surface area contributed by atoms with Crippen LogP contribution in [0.4, 0.5) is 0 Å². The molecular weight excluding hydrogens is 248 g/mol. The molecule has 0 aromatic rings. The van der Waals surface area contributed by atoms with Gasteiger partial charge in [-0.3, -0.25) is 0 Å². The van der Waals surface area contributed by atoms with Gasteiger partial charge in [-0.05, 0) is 12.2 Å². The highest BCUT2D eigenvalue weighted by Gasteiger charge is 2.36. The predicted octanol–water partition coefficient (Wildman–Crippen LogP) is 0.341. The average Bonchev–Trinajstić information content (AvgIpc) is 2.34. The Balaban J connectivity index is 3.63. The molecule has 1 unspecified atom stereocenters. The van der Waals surface area contributed by atoms with Crippen LogP contribution >= 0.6 is 11.8 Å². The van der Waals surface area contributed by atoms with E-state index in [2.05, 4.69) is 0 Å². The SMILES string of the molecule is CO[Si](CCCSCC(O)CO)(OC)OC. The minimum atomic E-state index is -2.43. The van der Waals surface area contributed by atoms with Crippen LogP contribution in [-0.2, 0) is 13.3 Å². The van der Waals surface area contributed by atoms with Gasteiger partial charge in [0.1, 0.15) is 0 Å². The molecular formula is C9H22O5SSi. The van der Waals surface area contributed by atoms with E-state index in [1.165, 1.54) is 0 Å². The van der Waals surface area contributed by atoms with Crippen molar-refractivity contribution >= 4 is 20.6 Å². The van der Waals surface area contributed by atoms with Crippen molar-refractivity contribution in [1.82, 2.24) is 0 Å². The highest BCUT2D eigenvalue weighted by Crippen LogP contribution is 2.17. The maximum Gasteiger partial charge on any atom is 0.500 e. The lowest BCUT2D eigenvalue weighted by molar-refractivity contribution is 0.113. The number of hydrogen-bond donors (Lipinski definition) is 2. The van der Waals surface area contributed by atoms with Crippen LogP contribution in [0.5, 0.6) is 0 Å². The second kappa shape index (κ2) is 9.40. The van der Waals surface area contributed by atoms with E-state index in [9.17, 15) is 0 Å². The Labute approximate surface area is 102 Å². The summed E-state index contributed by atoms with van der Waals surface area (Å²) in [7, 11) is 2.37. The first-order valence-corrected chi connectivity index (χ1v) is 8.25. The standard InChI is InChI=1S/C9H22O5SSi/c1-12-16(13-2,14-3)6-4-5-15-8-9(11)7-10/h9-11H,4-8H2,1-3H3. The van der Waals surface area contributed by atoms with Gasteiger partial charge in [-0.1, -0.05) is 0 Å². The first-order chi connectivity index (χ1) is 7.64. The van der Waals surface area contributed by atoms with Crippen LogP contribution < -0.4 is 0 Å². The predicted molar refractivity (Wildman–Crippen MR) is 66.6 cm³/mol. The topological polar surface area (TPSA) is 68.2 Å². The molecule has 0 aliphatic rings. The van der Waals surface area contributed by atoms with Gasteiger partial charge in [0.15, 0.2) is 0 Å². The summed E-state index contributed by atoms with van der Waals surface area (Å²) in [5.41, 5.74) is 0. The maximum atomic E-state index is 9.12. The van der Waals surface area contributed by atoms with E-state index in [1.807, 2.05) is 0 Å². The molecule has 16 heavy (non-hydrogen) atoms. The Morgan fingerprint density at radius 2 is 1.75 bits per heavy atom. The van der Waals surface area contributed by atoms with Gasteiger partial charge >= 0.3 is 8.80 Å². The summed E-state index contributed by atoms with van der Waals surface area (Å²) in [6.45, 7) is -0.181. The van der Waals surface area contributed by atoms with Gasteiger partial charge in [0, 0.05) is 33.1 Å². The van der Waals surface area contributed by atoms with Crippen LogP contribution in [0.15, 0.2) is 0 Å². The largest absolute Gasteiger partial charge is 0.500 e. The third-order valence-electron chi connectivity index (χ3n) is 2.23. The Bertz CT molecular complexity index is 160. The van der Waals surface area contributed by atoms with Crippen LogP contribution in [0.3, 0.4) is 0 Å². The number of aliphatic hydroxyl groups excluding tert-OH is 2. The van der Waals surface area contributed by atoms with Crippen LogP contribution in [0.2, 0.25) is 6.04 Å². The molecule has 1 atom stereocenters. The average molecular weight is 270 g/mol. The van der Waals surface area contributed by atoms with E-state index in [4.69, 9.17) is 23.5 Å². The minimum Gasteiger partial charge on any atom is -0.394 e. The molecule has 0 aromatic carbocycles. The van der Waals surface area contributed by atoms with Crippen LogP contribution in [0.25, 0.3) is 0 Å². The van der Waals surface area contributed by atoms with Crippen molar-refractivity contribution in [2.45, 2.75) is 18.6 Å². The number of hydrogen-bond acceptors (Lipinski definition) is 6. The van der Waals surface area contributed by atoms with E-state index >= 15 is 0 Å². The lowest BCUT2D eigenvalue weighted by Crippen LogP contribution is -2.42. The van der Waals surface area contributed by atoms with Gasteiger partial charge in [-0.15, -0.1) is 0 Å². The fraction of sp³-hybridized carbons (Fsp3) is 1.00. The molecule has 98 valence electrons. The van der Waals surface area contributed by atoms with E-state index in [0.717, 1.165) is 18.2 Å². The molecule has 0 aromatic heterocycles. The molecule has 0 saturated heterocycles. The lowest BCUT2D eigenvalue weighted by Gasteiger charge is -2.24. The van der Waals surface area contributed by atoms with Crippen molar-refractivity contribution in [3.05, 3.63) is 0 Å². The third kappa shape index (κ3) is 6.19. The van der Waals surface area contributed by atoms with Crippen molar-refractivity contribution in [2.75, 3.05) is 39.4 Å². The monoisotopic (exact) mass is 270 g/mol. The Hall–Kier alpha value is 0.367. The zero-order chi connectivity index (χ0) is 12.4. The first kappa shape index (κ1) is 16.4. The van der Waals surface area contributed by atoms with Crippen molar-refractivity contribution in [2.24, 2.45) is 0 Å². The second-order valence-electron chi connectivity index (χ2n) is 3.31. The normalized spacial score (nSPS) is 14.1. The summed E-state index contributed by atoms with van der Waals surface area (Å²) >= 11 is 1.60. The van der Waals surface area contributed by atoms with Gasteiger partial charge in [0.25, 0.3) is 0 Å². The summed E-state index contributed by atoms with van der Waals surface area (Å²) in [4.78, 5) is 0. The zero-order valence-corrected chi connectivity index (χ0v) is 12.0. The van der Waals surface area contributed by atoms with E-state index in [0.29, 0.717) is 5.75 Å². The van der Waals surface area contributed by atoms with E-state index < -0.39 is 14.9 Å². The molecule has 5 nitrogen and oxygen atoms in total. The van der Waals surface area contributed by atoms with Crippen LogP contribution in [-0.4, -0.2) is 64.6 Å². The Morgan fingerprint density at radius 1 is 1.19 bits per heavy atom. The molecule has 0 spiro atoms. The summed E-state index contributed by atoms with van der Waals surface area (Å²) in [5, 5.41) is 17.7. The second-order valence-corrected chi connectivity index (χ2v) is 7.55. The van der Waals surface area contributed by atoms with Gasteiger partial charge in [0.05, 0.1) is 12.7 Å². The fourth-order valence-corrected chi connectivity index (χ4v) is 4.09. The highest BCUT2D eigenvalue weighted by molar-refractivity contribution is 7.99. The molecule has 0 saturated carbocycles. The van der Waals surface area contributed by atoms with Crippen molar-refractivity contribution in [3.8, 4) is 0 Å². The van der Waals surface area contributed by atoms with Gasteiger partial charge in [0.2, 0.25) is 0 Å². The molecule has 0 amide bonds. The molecule has 0 rings (SSSR count). The molecule has 0 heterocycles. The third-order valence-corrected chi connectivity index (χ3v) is 6.26. The molecule has 0 aliphatic carbocycles. The van der Waals surface area contributed by atoms with Crippen molar-refractivity contribution < 1.29 is 23.5 Å². The molecule has 0 radical (unpaired) electrons. The van der Waals surface area contributed by atoms with Gasteiger partial charge < -0.3 is 23.5 Å². The molecule has 7 heteroatoms. The molecule has 0 aliphatic heterocycles. The van der Waals surface area contributed by atoms with E-state index in [-0.39, 0.29) is 6.61 Å². The number of thioether (sulfide) groups is 1. The van der Waals surface area contributed by atoms with Crippen molar-refractivity contribution in [3.63, 3.8) is 0 Å². The summed E-state index contributed by atoms with van der Waals surface area (Å²) in [6, 6.07) is 0.763. The molecule has 0 fully saturated rings. The smallest absolute Gasteiger partial charge is 0.394 e. The Kier molecular flexibility index (Phi) is 9.62. The van der Waals surface area contributed by atoms with Gasteiger partial charge in [-0.2, -0.15) is 11.8 Å².